The number of nitrogens with zero attached hydrogens (tertiary/aromatic N) is 1. The van der Waals surface area contributed by atoms with Gasteiger partial charge in [-0.25, -0.2) is 0 Å². The summed E-state index contributed by atoms with van der Waals surface area (Å²) in [6.07, 6.45) is -4.73. The van der Waals surface area contributed by atoms with Crippen LogP contribution >= 0.6 is 0 Å². The zero-order valence-electron chi connectivity index (χ0n) is 13.4. The summed E-state index contributed by atoms with van der Waals surface area (Å²) in [5, 5.41) is 13.4. The van der Waals surface area contributed by atoms with Gasteiger partial charge in [-0.05, 0) is 36.4 Å². The van der Waals surface area contributed by atoms with E-state index in [1.165, 1.54) is 7.11 Å². The van der Waals surface area contributed by atoms with E-state index >= 15 is 0 Å². The minimum Gasteiger partial charge on any atom is -0.497 e. The highest BCUT2D eigenvalue weighted by molar-refractivity contribution is 5.91. The lowest BCUT2D eigenvalue weighted by Crippen LogP contribution is -2.20. The second kappa shape index (κ2) is 7.72. The van der Waals surface area contributed by atoms with Crippen LogP contribution in [0.2, 0.25) is 0 Å². The summed E-state index contributed by atoms with van der Waals surface area (Å²) in [5.74, 6) is -0.489. The van der Waals surface area contributed by atoms with Gasteiger partial charge in [-0.15, -0.1) is 0 Å². The third-order valence-corrected chi connectivity index (χ3v) is 3.22. The van der Waals surface area contributed by atoms with Crippen molar-refractivity contribution in [3.8, 4) is 11.5 Å². The summed E-state index contributed by atoms with van der Waals surface area (Å²) in [4.78, 5) is 21.8. The molecule has 0 saturated heterocycles. The fraction of sp³-hybridized carbons (Fsp3) is 0.188. The average molecular weight is 370 g/mol. The van der Waals surface area contributed by atoms with Gasteiger partial charge >= 0.3 is 11.9 Å². The summed E-state index contributed by atoms with van der Waals surface area (Å²) in [7, 11) is 1.48. The number of amides is 1. The molecule has 0 unspecified atom stereocenters. The summed E-state index contributed by atoms with van der Waals surface area (Å²) < 4.78 is 47.9. The van der Waals surface area contributed by atoms with Crippen molar-refractivity contribution in [2.75, 3.05) is 19.0 Å². The van der Waals surface area contributed by atoms with Crippen molar-refractivity contribution in [3.05, 3.63) is 58.1 Å². The minimum atomic E-state index is -4.73. The van der Waals surface area contributed by atoms with E-state index in [0.29, 0.717) is 23.6 Å². The molecule has 0 aliphatic carbocycles. The van der Waals surface area contributed by atoms with Gasteiger partial charge < -0.3 is 14.8 Å². The summed E-state index contributed by atoms with van der Waals surface area (Å²) in [6, 6.07) is 8.16. The maximum absolute atomic E-state index is 12.6. The highest BCUT2D eigenvalue weighted by atomic mass is 19.4. The van der Waals surface area contributed by atoms with Crippen LogP contribution in [0.5, 0.6) is 11.5 Å². The van der Waals surface area contributed by atoms with Crippen molar-refractivity contribution < 1.29 is 32.4 Å². The Hall–Kier alpha value is -3.30. The van der Waals surface area contributed by atoms with Crippen LogP contribution in [-0.4, -0.2) is 24.5 Å². The molecular formula is C16H13F3N2O5. The van der Waals surface area contributed by atoms with Crippen molar-refractivity contribution in [3.63, 3.8) is 0 Å². The van der Waals surface area contributed by atoms with Gasteiger partial charge in [0.2, 0.25) is 0 Å². The second-order valence-electron chi connectivity index (χ2n) is 5.00. The Morgan fingerprint density at radius 2 is 1.85 bits per heavy atom. The molecule has 2 aromatic rings. The van der Waals surface area contributed by atoms with Crippen molar-refractivity contribution in [1.82, 2.24) is 0 Å². The molecule has 10 heteroatoms. The Morgan fingerprint density at radius 3 is 2.38 bits per heavy atom. The van der Waals surface area contributed by atoms with Crippen LogP contribution < -0.4 is 14.8 Å². The fourth-order valence-corrected chi connectivity index (χ4v) is 1.97. The molecule has 0 saturated carbocycles. The predicted octanol–water partition coefficient (Wildman–Crippen LogP) is 3.64. The van der Waals surface area contributed by atoms with E-state index in [4.69, 9.17) is 9.47 Å². The van der Waals surface area contributed by atoms with Crippen LogP contribution in [0.1, 0.15) is 5.56 Å². The third-order valence-electron chi connectivity index (χ3n) is 3.22. The van der Waals surface area contributed by atoms with E-state index in [0.717, 1.165) is 6.07 Å². The highest BCUT2D eigenvalue weighted by Crippen LogP contribution is 2.36. The number of halogens is 3. The van der Waals surface area contributed by atoms with Gasteiger partial charge in [0, 0.05) is 11.8 Å². The van der Waals surface area contributed by atoms with Gasteiger partial charge in [-0.1, -0.05) is 0 Å². The van der Waals surface area contributed by atoms with E-state index in [1.807, 2.05) is 0 Å². The lowest BCUT2D eigenvalue weighted by Gasteiger charge is -2.10. The Morgan fingerprint density at radius 1 is 1.19 bits per heavy atom. The van der Waals surface area contributed by atoms with Crippen LogP contribution in [0.3, 0.4) is 0 Å². The SMILES string of the molecule is COc1ccc(NC(=O)COc2ccc(C(F)(F)F)cc2[N+](=O)[O-])cc1. The Balaban J connectivity index is 2.05. The molecule has 138 valence electrons. The number of methoxy groups -OCH3 is 1. The van der Waals surface area contributed by atoms with E-state index < -0.39 is 40.6 Å². The largest absolute Gasteiger partial charge is 0.497 e. The third kappa shape index (κ3) is 4.85. The van der Waals surface area contributed by atoms with Crippen LogP contribution in [0, 0.1) is 10.1 Å². The van der Waals surface area contributed by atoms with Crippen LogP contribution in [-0.2, 0) is 11.0 Å². The van der Waals surface area contributed by atoms with Gasteiger partial charge in [0.1, 0.15) is 5.75 Å². The number of carbonyl (C=O) groups is 1. The molecule has 0 spiro atoms. The number of rotatable bonds is 6. The monoisotopic (exact) mass is 370 g/mol. The molecule has 0 aromatic heterocycles. The molecule has 1 amide bonds. The molecule has 0 bridgehead atoms. The van der Waals surface area contributed by atoms with Crippen molar-refractivity contribution >= 4 is 17.3 Å². The van der Waals surface area contributed by atoms with Gasteiger partial charge in [-0.3, -0.25) is 14.9 Å². The minimum absolute atomic E-state index is 0.358. The molecule has 2 aromatic carbocycles. The molecule has 2 rings (SSSR count). The first-order valence-corrected chi connectivity index (χ1v) is 7.13. The summed E-state index contributed by atoms with van der Waals surface area (Å²) in [6.45, 7) is -0.613. The van der Waals surface area contributed by atoms with E-state index in [-0.39, 0.29) is 0 Å². The lowest BCUT2D eigenvalue weighted by molar-refractivity contribution is -0.386. The van der Waals surface area contributed by atoms with E-state index in [1.54, 1.807) is 24.3 Å². The van der Waals surface area contributed by atoms with Crippen LogP contribution in [0.25, 0.3) is 0 Å². The number of nitro benzene ring substituents is 1. The molecule has 0 aliphatic heterocycles. The molecule has 7 nitrogen and oxygen atoms in total. The van der Waals surface area contributed by atoms with Gasteiger partial charge in [0.25, 0.3) is 5.91 Å². The molecule has 1 N–H and O–H groups in total. The second-order valence-corrected chi connectivity index (χ2v) is 5.00. The Kier molecular flexibility index (Phi) is 5.65. The smallest absolute Gasteiger partial charge is 0.416 e. The zero-order chi connectivity index (χ0) is 19.3. The van der Waals surface area contributed by atoms with Gasteiger partial charge in [0.15, 0.2) is 12.4 Å². The van der Waals surface area contributed by atoms with Crippen molar-refractivity contribution in [2.45, 2.75) is 6.18 Å². The molecule has 0 heterocycles. The van der Waals surface area contributed by atoms with Crippen LogP contribution in [0.4, 0.5) is 24.5 Å². The Bertz CT molecular complexity index is 807. The summed E-state index contributed by atoms with van der Waals surface area (Å²) in [5.41, 5.74) is -1.63. The molecule has 26 heavy (non-hydrogen) atoms. The molecule has 0 radical (unpaired) electrons. The van der Waals surface area contributed by atoms with Gasteiger partial charge in [-0.2, -0.15) is 13.2 Å². The number of nitro groups is 1. The normalized spacial score (nSPS) is 10.9. The first-order valence-electron chi connectivity index (χ1n) is 7.13. The number of hydrogen-bond donors (Lipinski definition) is 1. The van der Waals surface area contributed by atoms with E-state index in [2.05, 4.69) is 5.32 Å². The number of carbonyl (C=O) groups excluding carboxylic acids is 1. The van der Waals surface area contributed by atoms with Crippen molar-refractivity contribution in [1.29, 1.82) is 0 Å². The molecule has 0 atom stereocenters. The summed E-state index contributed by atoms with van der Waals surface area (Å²) >= 11 is 0. The predicted molar refractivity (Wildman–Crippen MR) is 85.2 cm³/mol. The van der Waals surface area contributed by atoms with E-state index in [9.17, 15) is 28.1 Å². The average Bonchev–Trinajstić information content (AvgIpc) is 2.59. The van der Waals surface area contributed by atoms with Gasteiger partial charge in [0.05, 0.1) is 17.6 Å². The number of hydrogen-bond acceptors (Lipinski definition) is 5. The topological polar surface area (TPSA) is 90.7 Å². The Labute approximate surface area is 145 Å². The number of anilines is 1. The first-order chi connectivity index (χ1) is 12.2. The first kappa shape index (κ1) is 19.0. The maximum atomic E-state index is 12.6. The lowest BCUT2D eigenvalue weighted by atomic mass is 10.2. The maximum Gasteiger partial charge on any atom is 0.416 e. The quantitative estimate of drug-likeness (QED) is 0.619. The van der Waals surface area contributed by atoms with Crippen molar-refractivity contribution in [2.24, 2.45) is 0 Å². The molecular weight excluding hydrogens is 357 g/mol. The number of nitrogens with one attached hydrogen (secondary N) is 1. The van der Waals surface area contributed by atoms with Crippen LogP contribution in [0.15, 0.2) is 42.5 Å². The molecule has 0 aliphatic rings. The number of ether oxygens (including phenoxy) is 2. The standard InChI is InChI=1S/C16H13F3N2O5/c1-25-12-5-3-11(4-6-12)20-15(22)9-26-14-7-2-10(16(17,18)19)8-13(14)21(23)24/h2-8H,9H2,1H3,(H,20,22). The fourth-order valence-electron chi connectivity index (χ4n) is 1.97. The number of alkyl halides is 3. The number of benzene rings is 2. The highest BCUT2D eigenvalue weighted by Gasteiger charge is 2.33. The zero-order valence-corrected chi connectivity index (χ0v) is 13.4. The molecule has 0 fully saturated rings.